The molecule has 1 aromatic heterocycles. The summed E-state index contributed by atoms with van der Waals surface area (Å²) < 4.78 is 1.90. The summed E-state index contributed by atoms with van der Waals surface area (Å²) in [6.45, 7) is 3.25. The molecule has 0 saturated carbocycles. The minimum Gasteiger partial charge on any atom is -0.347 e. The van der Waals surface area contributed by atoms with Crippen molar-refractivity contribution in [1.29, 1.82) is 0 Å². The van der Waals surface area contributed by atoms with Crippen LogP contribution in [0.1, 0.15) is 23.3 Å². The number of likely N-dealkylation sites (N-methyl/N-ethyl adjacent to an activating group) is 1. The first-order valence-electron chi connectivity index (χ1n) is 8.18. The SMILES string of the molecule is Cc1nnc2n1CCN(C(=O)NCc1ccccc1)C2C(=O)N(C)C. The van der Waals surface area contributed by atoms with Crippen LogP contribution in [0.25, 0.3) is 0 Å². The van der Waals surface area contributed by atoms with Crippen molar-refractivity contribution >= 4 is 11.9 Å². The highest BCUT2D eigenvalue weighted by Gasteiger charge is 2.39. The molecule has 2 aromatic rings. The first-order chi connectivity index (χ1) is 12.0. The highest BCUT2D eigenvalue weighted by atomic mass is 16.2. The maximum atomic E-state index is 12.7. The molecule has 3 rings (SSSR count). The van der Waals surface area contributed by atoms with Crippen LogP contribution in [0.4, 0.5) is 4.79 Å². The molecule has 1 aromatic carbocycles. The zero-order chi connectivity index (χ0) is 18.0. The minimum atomic E-state index is -0.763. The molecule has 1 N–H and O–H groups in total. The smallest absolute Gasteiger partial charge is 0.318 e. The van der Waals surface area contributed by atoms with Gasteiger partial charge in [-0.25, -0.2) is 4.79 Å². The molecule has 0 aliphatic carbocycles. The van der Waals surface area contributed by atoms with Gasteiger partial charge >= 0.3 is 6.03 Å². The summed E-state index contributed by atoms with van der Waals surface area (Å²) in [7, 11) is 3.34. The first-order valence-corrected chi connectivity index (χ1v) is 8.18. The number of hydrogen-bond acceptors (Lipinski definition) is 4. The van der Waals surface area contributed by atoms with Crippen molar-refractivity contribution in [2.24, 2.45) is 0 Å². The number of rotatable bonds is 3. The van der Waals surface area contributed by atoms with Crippen LogP contribution >= 0.6 is 0 Å². The normalized spacial score (nSPS) is 16.3. The van der Waals surface area contributed by atoms with E-state index in [0.29, 0.717) is 25.5 Å². The lowest BCUT2D eigenvalue weighted by atomic mass is 10.1. The van der Waals surface area contributed by atoms with Crippen LogP contribution in [-0.2, 0) is 17.9 Å². The summed E-state index contributed by atoms with van der Waals surface area (Å²) in [5.41, 5.74) is 1.00. The molecular weight excluding hydrogens is 320 g/mol. The Labute approximate surface area is 146 Å². The molecule has 0 spiro atoms. The Balaban J connectivity index is 1.81. The second kappa shape index (κ2) is 6.92. The summed E-state index contributed by atoms with van der Waals surface area (Å²) in [6.07, 6.45) is 0. The van der Waals surface area contributed by atoms with E-state index in [9.17, 15) is 9.59 Å². The third-order valence-corrected chi connectivity index (χ3v) is 4.31. The number of urea groups is 1. The van der Waals surface area contributed by atoms with Crippen molar-refractivity contribution in [3.05, 3.63) is 47.5 Å². The van der Waals surface area contributed by atoms with Gasteiger partial charge in [0.05, 0.1) is 0 Å². The van der Waals surface area contributed by atoms with Crippen LogP contribution in [-0.4, -0.2) is 57.1 Å². The third-order valence-electron chi connectivity index (χ3n) is 4.31. The van der Waals surface area contributed by atoms with Crippen LogP contribution in [0.3, 0.4) is 0 Å². The molecule has 1 unspecified atom stereocenters. The van der Waals surface area contributed by atoms with Gasteiger partial charge in [0, 0.05) is 33.7 Å². The van der Waals surface area contributed by atoms with Crippen molar-refractivity contribution < 1.29 is 9.59 Å². The van der Waals surface area contributed by atoms with E-state index in [0.717, 1.165) is 11.4 Å². The maximum absolute atomic E-state index is 12.7. The van der Waals surface area contributed by atoms with Gasteiger partial charge in [0.2, 0.25) is 0 Å². The van der Waals surface area contributed by atoms with Gasteiger partial charge in [0.15, 0.2) is 11.9 Å². The lowest BCUT2D eigenvalue weighted by molar-refractivity contribution is -0.134. The number of nitrogens with one attached hydrogen (secondary N) is 1. The average molecular weight is 342 g/mol. The molecule has 8 nitrogen and oxygen atoms in total. The molecule has 0 bridgehead atoms. The highest BCUT2D eigenvalue weighted by molar-refractivity contribution is 5.87. The van der Waals surface area contributed by atoms with Crippen LogP contribution in [0, 0.1) is 6.92 Å². The molecule has 25 heavy (non-hydrogen) atoms. The number of amides is 3. The Morgan fingerprint density at radius 1 is 1.20 bits per heavy atom. The number of fused-ring (bicyclic) bond motifs is 1. The fraction of sp³-hybridized carbons (Fsp3) is 0.412. The van der Waals surface area contributed by atoms with Gasteiger partial charge in [-0.2, -0.15) is 0 Å². The molecule has 3 amide bonds. The molecule has 8 heteroatoms. The van der Waals surface area contributed by atoms with E-state index < -0.39 is 6.04 Å². The fourth-order valence-corrected chi connectivity index (χ4v) is 2.93. The topological polar surface area (TPSA) is 83.4 Å². The van der Waals surface area contributed by atoms with Crippen molar-refractivity contribution in [3.8, 4) is 0 Å². The molecule has 0 fully saturated rings. The largest absolute Gasteiger partial charge is 0.347 e. The Morgan fingerprint density at radius 2 is 1.92 bits per heavy atom. The number of aromatic nitrogens is 3. The zero-order valence-corrected chi connectivity index (χ0v) is 14.6. The van der Waals surface area contributed by atoms with Gasteiger partial charge in [-0.05, 0) is 12.5 Å². The van der Waals surface area contributed by atoms with E-state index in [1.807, 2.05) is 41.8 Å². The summed E-state index contributed by atoms with van der Waals surface area (Å²) in [6, 6.07) is 8.61. The summed E-state index contributed by atoms with van der Waals surface area (Å²) in [5, 5.41) is 11.1. The molecule has 0 radical (unpaired) electrons. The summed E-state index contributed by atoms with van der Waals surface area (Å²) >= 11 is 0. The fourth-order valence-electron chi connectivity index (χ4n) is 2.93. The highest BCUT2D eigenvalue weighted by Crippen LogP contribution is 2.26. The number of hydrogen-bond donors (Lipinski definition) is 1. The minimum absolute atomic E-state index is 0.191. The number of benzene rings is 1. The second-order valence-electron chi connectivity index (χ2n) is 6.23. The Hall–Kier alpha value is -2.90. The van der Waals surface area contributed by atoms with Crippen LogP contribution in [0.5, 0.6) is 0 Å². The molecular formula is C17H22N6O2. The van der Waals surface area contributed by atoms with E-state index in [1.165, 1.54) is 9.80 Å². The second-order valence-corrected chi connectivity index (χ2v) is 6.23. The number of nitrogens with zero attached hydrogens (tertiary/aromatic N) is 5. The van der Waals surface area contributed by atoms with Gasteiger partial charge in [-0.3, -0.25) is 4.79 Å². The number of aryl methyl sites for hydroxylation is 1. The number of carbonyl (C=O) groups is 2. The summed E-state index contributed by atoms with van der Waals surface area (Å²) in [4.78, 5) is 28.4. The Kier molecular flexibility index (Phi) is 4.69. The van der Waals surface area contributed by atoms with E-state index >= 15 is 0 Å². The Morgan fingerprint density at radius 3 is 2.60 bits per heavy atom. The molecule has 1 aliphatic heterocycles. The van der Waals surface area contributed by atoms with Crippen molar-refractivity contribution in [2.75, 3.05) is 20.6 Å². The first kappa shape index (κ1) is 16.9. The Bertz CT molecular complexity index is 771. The molecule has 1 atom stereocenters. The van der Waals surface area contributed by atoms with E-state index in [-0.39, 0.29) is 11.9 Å². The van der Waals surface area contributed by atoms with Gasteiger partial charge in [0.25, 0.3) is 5.91 Å². The van der Waals surface area contributed by atoms with Gasteiger partial charge in [0.1, 0.15) is 5.82 Å². The number of carbonyl (C=O) groups excluding carboxylic acids is 2. The third kappa shape index (κ3) is 3.33. The predicted molar refractivity (Wildman–Crippen MR) is 91.6 cm³/mol. The molecule has 132 valence electrons. The van der Waals surface area contributed by atoms with E-state index in [4.69, 9.17) is 0 Å². The monoisotopic (exact) mass is 342 g/mol. The van der Waals surface area contributed by atoms with Crippen molar-refractivity contribution in [1.82, 2.24) is 29.9 Å². The predicted octanol–water partition coefficient (Wildman–Crippen LogP) is 0.941. The lowest BCUT2D eigenvalue weighted by Crippen LogP contribution is -2.51. The lowest BCUT2D eigenvalue weighted by Gasteiger charge is -2.35. The van der Waals surface area contributed by atoms with E-state index in [2.05, 4.69) is 15.5 Å². The molecule has 0 saturated heterocycles. The average Bonchev–Trinajstić information content (AvgIpc) is 3.00. The maximum Gasteiger partial charge on any atom is 0.318 e. The zero-order valence-electron chi connectivity index (χ0n) is 14.6. The van der Waals surface area contributed by atoms with Crippen LogP contribution < -0.4 is 5.32 Å². The van der Waals surface area contributed by atoms with Gasteiger partial charge in [-0.15, -0.1) is 10.2 Å². The van der Waals surface area contributed by atoms with Crippen molar-refractivity contribution in [2.45, 2.75) is 26.1 Å². The van der Waals surface area contributed by atoms with Crippen LogP contribution in [0.15, 0.2) is 30.3 Å². The molecule has 1 aliphatic rings. The molecule has 2 heterocycles. The quantitative estimate of drug-likeness (QED) is 0.900. The standard InChI is InChI=1S/C17H22N6O2/c1-12-19-20-15-14(16(24)21(2)3)23(10-9-22(12)15)17(25)18-11-13-7-5-4-6-8-13/h4-8,14H,9-11H2,1-3H3,(H,18,25). The van der Waals surface area contributed by atoms with Gasteiger partial charge < -0.3 is 19.7 Å². The van der Waals surface area contributed by atoms with Crippen molar-refractivity contribution in [3.63, 3.8) is 0 Å². The van der Waals surface area contributed by atoms with E-state index in [1.54, 1.807) is 14.1 Å². The van der Waals surface area contributed by atoms with Crippen LogP contribution in [0.2, 0.25) is 0 Å². The van der Waals surface area contributed by atoms with Gasteiger partial charge in [-0.1, -0.05) is 30.3 Å². The summed E-state index contributed by atoms with van der Waals surface area (Å²) in [5.74, 6) is 1.07.